The molecule has 0 radical (unpaired) electrons. The molecule has 0 unspecified atom stereocenters. The number of carboxylic acid groups (broad SMARTS) is 1. The molecule has 70 valence electrons. The van der Waals surface area contributed by atoms with E-state index in [2.05, 4.69) is 0 Å². The Labute approximate surface area is 73.7 Å². The van der Waals surface area contributed by atoms with Crippen molar-refractivity contribution in [1.82, 2.24) is 4.90 Å². The van der Waals surface area contributed by atoms with Crippen LogP contribution in [0.3, 0.4) is 0 Å². The van der Waals surface area contributed by atoms with Crippen LogP contribution in [0, 0.1) is 0 Å². The molecule has 0 aliphatic rings. The summed E-state index contributed by atoms with van der Waals surface area (Å²) in [5.41, 5.74) is 0. The van der Waals surface area contributed by atoms with Crippen LogP contribution in [0.1, 0.15) is 20.8 Å². The first-order valence-corrected chi connectivity index (χ1v) is 4.15. The van der Waals surface area contributed by atoms with Crippen molar-refractivity contribution in [3.05, 3.63) is 12.2 Å². The first kappa shape index (κ1) is 11.2. The standard InChI is InChI=1S/C9H17NO2/c1-4-5-6-10(8(2)3)7-9(11)12/h4-5,8H,6-7H2,1-3H3,(H,11,12)/b5-4+. The van der Waals surface area contributed by atoms with Crippen LogP contribution in [0.25, 0.3) is 0 Å². The van der Waals surface area contributed by atoms with E-state index in [1.54, 1.807) is 0 Å². The van der Waals surface area contributed by atoms with E-state index in [-0.39, 0.29) is 12.6 Å². The van der Waals surface area contributed by atoms with Gasteiger partial charge in [-0.15, -0.1) is 0 Å². The van der Waals surface area contributed by atoms with E-state index in [0.717, 1.165) is 0 Å². The second-order valence-electron chi connectivity index (χ2n) is 2.99. The van der Waals surface area contributed by atoms with E-state index < -0.39 is 5.97 Å². The van der Waals surface area contributed by atoms with Crippen molar-refractivity contribution >= 4 is 5.97 Å². The predicted molar refractivity (Wildman–Crippen MR) is 49.2 cm³/mol. The fourth-order valence-corrected chi connectivity index (χ4v) is 0.872. The highest BCUT2D eigenvalue weighted by molar-refractivity contribution is 5.69. The number of carbonyl (C=O) groups is 1. The highest BCUT2D eigenvalue weighted by Gasteiger charge is 2.10. The van der Waals surface area contributed by atoms with Crippen molar-refractivity contribution in [3.8, 4) is 0 Å². The Morgan fingerprint density at radius 2 is 2.17 bits per heavy atom. The van der Waals surface area contributed by atoms with E-state index in [1.165, 1.54) is 0 Å². The minimum absolute atomic E-state index is 0.113. The van der Waals surface area contributed by atoms with Crippen LogP contribution in [0.2, 0.25) is 0 Å². The molecule has 0 saturated carbocycles. The Hall–Kier alpha value is -0.830. The van der Waals surface area contributed by atoms with Crippen molar-refractivity contribution in [3.63, 3.8) is 0 Å². The molecule has 0 aliphatic carbocycles. The van der Waals surface area contributed by atoms with Gasteiger partial charge in [0.1, 0.15) is 0 Å². The molecule has 0 saturated heterocycles. The van der Waals surface area contributed by atoms with Crippen LogP contribution in [-0.2, 0) is 4.79 Å². The second kappa shape index (κ2) is 5.77. The molecule has 12 heavy (non-hydrogen) atoms. The molecule has 3 heteroatoms. The SMILES string of the molecule is C/C=C/CN(CC(=O)O)C(C)C. The molecule has 3 nitrogen and oxygen atoms in total. The maximum atomic E-state index is 10.4. The number of carboxylic acids is 1. The molecule has 0 bridgehead atoms. The Kier molecular flexibility index (Phi) is 5.37. The first-order valence-electron chi connectivity index (χ1n) is 4.15. The third kappa shape index (κ3) is 4.91. The normalized spacial score (nSPS) is 11.8. The Bertz CT molecular complexity index is 164. The topological polar surface area (TPSA) is 40.5 Å². The molecule has 0 aromatic carbocycles. The number of nitrogens with zero attached hydrogens (tertiary/aromatic N) is 1. The minimum atomic E-state index is -0.770. The monoisotopic (exact) mass is 171 g/mol. The molecule has 0 rings (SSSR count). The van der Waals surface area contributed by atoms with E-state index in [4.69, 9.17) is 5.11 Å². The summed E-state index contributed by atoms with van der Waals surface area (Å²) in [6.45, 7) is 6.74. The van der Waals surface area contributed by atoms with Crippen molar-refractivity contribution < 1.29 is 9.90 Å². The maximum Gasteiger partial charge on any atom is 0.317 e. The number of hydrogen-bond donors (Lipinski definition) is 1. The summed E-state index contributed by atoms with van der Waals surface area (Å²) in [6, 6.07) is 0.275. The zero-order chi connectivity index (χ0) is 9.56. The largest absolute Gasteiger partial charge is 0.480 e. The third-order valence-corrected chi connectivity index (χ3v) is 1.64. The summed E-state index contributed by atoms with van der Waals surface area (Å²) in [5.74, 6) is -0.770. The van der Waals surface area contributed by atoms with E-state index >= 15 is 0 Å². The molecule has 0 heterocycles. The van der Waals surface area contributed by atoms with Crippen molar-refractivity contribution in [2.24, 2.45) is 0 Å². The Balaban J connectivity index is 3.95. The second-order valence-corrected chi connectivity index (χ2v) is 2.99. The first-order chi connectivity index (χ1) is 5.57. The lowest BCUT2D eigenvalue weighted by Gasteiger charge is -2.22. The van der Waals surface area contributed by atoms with Gasteiger partial charge in [-0.3, -0.25) is 9.69 Å². The average molecular weight is 171 g/mol. The summed E-state index contributed by atoms with van der Waals surface area (Å²) in [5, 5.41) is 8.57. The summed E-state index contributed by atoms with van der Waals surface area (Å²) in [4.78, 5) is 12.3. The Morgan fingerprint density at radius 1 is 1.58 bits per heavy atom. The fraction of sp³-hybridized carbons (Fsp3) is 0.667. The van der Waals surface area contributed by atoms with Gasteiger partial charge >= 0.3 is 5.97 Å². The predicted octanol–water partition coefficient (Wildman–Crippen LogP) is 1.36. The van der Waals surface area contributed by atoms with E-state index in [0.29, 0.717) is 6.54 Å². The van der Waals surface area contributed by atoms with Gasteiger partial charge in [0, 0.05) is 12.6 Å². The van der Waals surface area contributed by atoms with Gasteiger partial charge in [0.25, 0.3) is 0 Å². The van der Waals surface area contributed by atoms with Crippen molar-refractivity contribution in [2.45, 2.75) is 26.8 Å². The summed E-state index contributed by atoms with van der Waals surface area (Å²) in [6.07, 6.45) is 3.89. The van der Waals surface area contributed by atoms with Crippen LogP contribution < -0.4 is 0 Å². The lowest BCUT2D eigenvalue weighted by atomic mass is 10.3. The smallest absolute Gasteiger partial charge is 0.317 e. The molecular formula is C9H17NO2. The van der Waals surface area contributed by atoms with Gasteiger partial charge in [0.15, 0.2) is 0 Å². The minimum Gasteiger partial charge on any atom is -0.480 e. The lowest BCUT2D eigenvalue weighted by molar-refractivity contribution is -0.138. The number of rotatable bonds is 5. The number of hydrogen-bond acceptors (Lipinski definition) is 2. The van der Waals surface area contributed by atoms with Gasteiger partial charge < -0.3 is 5.11 Å². The van der Waals surface area contributed by atoms with Gasteiger partial charge in [-0.2, -0.15) is 0 Å². The summed E-state index contributed by atoms with van der Waals surface area (Å²) >= 11 is 0. The van der Waals surface area contributed by atoms with Crippen LogP contribution in [0.5, 0.6) is 0 Å². The zero-order valence-electron chi connectivity index (χ0n) is 7.95. The molecule has 0 aromatic heterocycles. The van der Waals surface area contributed by atoms with Crippen LogP contribution >= 0.6 is 0 Å². The van der Waals surface area contributed by atoms with Crippen LogP contribution in [0.4, 0.5) is 0 Å². The summed E-state index contributed by atoms with van der Waals surface area (Å²) < 4.78 is 0. The van der Waals surface area contributed by atoms with Gasteiger partial charge in [-0.05, 0) is 20.8 Å². The van der Waals surface area contributed by atoms with Gasteiger partial charge in [-0.25, -0.2) is 0 Å². The Morgan fingerprint density at radius 3 is 2.50 bits per heavy atom. The van der Waals surface area contributed by atoms with Gasteiger partial charge in [0.2, 0.25) is 0 Å². The highest BCUT2D eigenvalue weighted by Crippen LogP contribution is 1.97. The number of aliphatic carboxylic acids is 1. The van der Waals surface area contributed by atoms with Crippen LogP contribution in [0.15, 0.2) is 12.2 Å². The third-order valence-electron chi connectivity index (χ3n) is 1.64. The van der Waals surface area contributed by atoms with Gasteiger partial charge in [0.05, 0.1) is 6.54 Å². The van der Waals surface area contributed by atoms with Gasteiger partial charge in [-0.1, -0.05) is 12.2 Å². The molecule has 0 spiro atoms. The molecule has 0 aromatic rings. The highest BCUT2D eigenvalue weighted by atomic mass is 16.4. The average Bonchev–Trinajstić information content (AvgIpc) is 1.96. The molecule has 0 aliphatic heterocycles. The number of allylic oxidation sites excluding steroid dienone is 1. The molecule has 0 amide bonds. The lowest BCUT2D eigenvalue weighted by Crippen LogP contribution is -2.35. The molecule has 1 N–H and O–H groups in total. The van der Waals surface area contributed by atoms with Crippen LogP contribution in [-0.4, -0.2) is 35.1 Å². The van der Waals surface area contributed by atoms with E-state index in [9.17, 15) is 4.79 Å². The summed E-state index contributed by atoms with van der Waals surface area (Å²) in [7, 11) is 0. The van der Waals surface area contributed by atoms with E-state index in [1.807, 2.05) is 37.8 Å². The maximum absolute atomic E-state index is 10.4. The van der Waals surface area contributed by atoms with Crippen molar-refractivity contribution in [1.29, 1.82) is 0 Å². The molecule has 0 fully saturated rings. The fourth-order valence-electron chi connectivity index (χ4n) is 0.872. The zero-order valence-corrected chi connectivity index (χ0v) is 7.95. The molecule has 0 atom stereocenters. The quantitative estimate of drug-likeness (QED) is 0.635. The molecular weight excluding hydrogens is 154 g/mol. The van der Waals surface area contributed by atoms with Crippen molar-refractivity contribution in [2.75, 3.05) is 13.1 Å².